The van der Waals surface area contributed by atoms with Crippen LogP contribution in [0.15, 0.2) is 23.1 Å². The zero-order valence-corrected chi connectivity index (χ0v) is 17.6. The molecule has 28 heavy (non-hydrogen) atoms. The van der Waals surface area contributed by atoms with Crippen molar-refractivity contribution in [2.45, 2.75) is 33.9 Å². The molecule has 11 heteroatoms. The van der Waals surface area contributed by atoms with Crippen molar-refractivity contribution in [3.8, 4) is 0 Å². The summed E-state index contributed by atoms with van der Waals surface area (Å²) in [7, 11) is 1.79. The molecule has 3 heterocycles. The Morgan fingerprint density at radius 3 is 2.25 bits per heavy atom. The summed E-state index contributed by atoms with van der Waals surface area (Å²) in [6, 6.07) is 0. The summed E-state index contributed by atoms with van der Waals surface area (Å²) in [6.07, 6.45) is 4.68. The molecule has 0 aromatic carbocycles. The van der Waals surface area contributed by atoms with Crippen molar-refractivity contribution in [2.75, 3.05) is 10.6 Å². The quantitative estimate of drug-likeness (QED) is 0.599. The number of nitrogens with zero attached hydrogens (tertiary/aromatic N) is 6. The Balaban J connectivity index is 1.79. The van der Waals surface area contributed by atoms with Gasteiger partial charge in [0, 0.05) is 13.6 Å². The van der Waals surface area contributed by atoms with Gasteiger partial charge in [0.1, 0.15) is 12.2 Å². The van der Waals surface area contributed by atoms with Crippen LogP contribution in [-0.4, -0.2) is 41.2 Å². The minimum absolute atomic E-state index is 0.0253. The second-order valence-corrected chi connectivity index (χ2v) is 7.08. The highest BCUT2D eigenvalue weighted by molar-refractivity contribution is 9.10. The first-order valence-electron chi connectivity index (χ1n) is 8.65. The second kappa shape index (κ2) is 7.97. The lowest BCUT2D eigenvalue weighted by atomic mass is 10.3. The Morgan fingerprint density at radius 1 is 1.00 bits per heavy atom. The minimum atomic E-state index is -0.372. The molecule has 0 aliphatic carbocycles. The standard InChI is InChI=1S/C17H21BrN8O2/c1-5-25-16(17(28)23-13-7-19-24(4)11(13)3)14(8-21-25)22-15(27)9-26-10(2)12(18)6-20-26/h6-8H,5,9H2,1-4H3,(H,22,27)(H,23,28). The number of carbonyl (C=O) groups is 2. The third kappa shape index (κ3) is 3.84. The Kier molecular flexibility index (Phi) is 5.63. The van der Waals surface area contributed by atoms with E-state index in [0.29, 0.717) is 17.9 Å². The molecule has 0 unspecified atom stereocenters. The van der Waals surface area contributed by atoms with Gasteiger partial charge in [0.2, 0.25) is 5.91 Å². The molecule has 3 rings (SSSR count). The van der Waals surface area contributed by atoms with E-state index in [1.165, 1.54) is 10.9 Å². The van der Waals surface area contributed by atoms with E-state index in [1.807, 2.05) is 20.8 Å². The van der Waals surface area contributed by atoms with Gasteiger partial charge in [-0.3, -0.25) is 23.6 Å². The molecule has 10 nitrogen and oxygen atoms in total. The van der Waals surface area contributed by atoms with Gasteiger partial charge in [0.05, 0.1) is 45.8 Å². The minimum Gasteiger partial charge on any atom is -0.321 e. The van der Waals surface area contributed by atoms with Gasteiger partial charge in [0.15, 0.2) is 0 Å². The SMILES string of the molecule is CCn1ncc(NC(=O)Cn2ncc(Br)c2C)c1C(=O)Nc1cnn(C)c1C. The molecule has 0 saturated heterocycles. The predicted molar refractivity (Wildman–Crippen MR) is 107 cm³/mol. The first-order chi connectivity index (χ1) is 13.3. The third-order valence-corrected chi connectivity index (χ3v) is 5.23. The van der Waals surface area contributed by atoms with Gasteiger partial charge in [-0.1, -0.05) is 0 Å². The van der Waals surface area contributed by atoms with Gasteiger partial charge in [-0.05, 0) is 36.7 Å². The van der Waals surface area contributed by atoms with Gasteiger partial charge >= 0.3 is 0 Å². The molecule has 0 bridgehead atoms. The summed E-state index contributed by atoms with van der Waals surface area (Å²) in [6.45, 7) is 6.09. The fourth-order valence-corrected chi connectivity index (χ4v) is 2.96. The van der Waals surface area contributed by atoms with Gasteiger partial charge in [-0.15, -0.1) is 0 Å². The molecule has 148 valence electrons. The monoisotopic (exact) mass is 448 g/mol. The van der Waals surface area contributed by atoms with E-state index in [1.54, 1.807) is 28.8 Å². The van der Waals surface area contributed by atoms with Gasteiger partial charge in [-0.25, -0.2) is 0 Å². The van der Waals surface area contributed by atoms with Crippen LogP contribution >= 0.6 is 15.9 Å². The molecule has 2 amide bonds. The van der Waals surface area contributed by atoms with E-state index in [-0.39, 0.29) is 24.1 Å². The number of rotatable bonds is 6. The van der Waals surface area contributed by atoms with Crippen LogP contribution in [0, 0.1) is 13.8 Å². The van der Waals surface area contributed by atoms with E-state index in [4.69, 9.17) is 0 Å². The number of nitrogens with one attached hydrogen (secondary N) is 2. The van der Waals surface area contributed by atoms with Gasteiger partial charge in [0.25, 0.3) is 5.91 Å². The Bertz CT molecular complexity index is 1030. The van der Waals surface area contributed by atoms with Crippen LogP contribution in [0.4, 0.5) is 11.4 Å². The van der Waals surface area contributed by atoms with Crippen LogP contribution in [0.25, 0.3) is 0 Å². The zero-order valence-electron chi connectivity index (χ0n) is 16.0. The van der Waals surface area contributed by atoms with Crippen molar-refractivity contribution in [3.05, 3.63) is 40.1 Å². The van der Waals surface area contributed by atoms with Crippen LogP contribution in [0.5, 0.6) is 0 Å². The number of anilines is 2. The average Bonchev–Trinajstić information content (AvgIpc) is 3.31. The maximum absolute atomic E-state index is 12.9. The molecule has 0 aliphatic rings. The maximum atomic E-state index is 12.9. The number of aromatic nitrogens is 6. The van der Waals surface area contributed by atoms with Crippen LogP contribution in [0.2, 0.25) is 0 Å². The topological polar surface area (TPSA) is 112 Å². The van der Waals surface area contributed by atoms with E-state index >= 15 is 0 Å². The predicted octanol–water partition coefficient (Wildman–Crippen LogP) is 2.10. The molecule has 0 radical (unpaired) electrons. The first kappa shape index (κ1) is 19.8. The van der Waals surface area contributed by atoms with Crippen LogP contribution < -0.4 is 10.6 Å². The molecule has 3 aromatic rings. The van der Waals surface area contributed by atoms with Crippen molar-refractivity contribution in [1.29, 1.82) is 0 Å². The molecule has 0 atom stereocenters. The van der Waals surface area contributed by atoms with Crippen LogP contribution in [-0.2, 0) is 24.9 Å². The van der Waals surface area contributed by atoms with Crippen molar-refractivity contribution >= 4 is 39.1 Å². The normalized spacial score (nSPS) is 10.9. The smallest absolute Gasteiger partial charge is 0.276 e. The summed E-state index contributed by atoms with van der Waals surface area (Å²) in [4.78, 5) is 25.3. The molecule has 0 fully saturated rings. The molecular weight excluding hydrogens is 428 g/mol. The van der Waals surface area contributed by atoms with Gasteiger partial charge in [-0.2, -0.15) is 15.3 Å². The van der Waals surface area contributed by atoms with Crippen molar-refractivity contribution < 1.29 is 9.59 Å². The highest BCUT2D eigenvalue weighted by Crippen LogP contribution is 2.20. The number of aryl methyl sites for hydroxylation is 2. The number of hydrogen-bond acceptors (Lipinski definition) is 5. The average molecular weight is 449 g/mol. The summed E-state index contributed by atoms with van der Waals surface area (Å²) < 4.78 is 5.60. The zero-order chi connectivity index (χ0) is 20.4. The molecule has 0 spiro atoms. The Morgan fingerprint density at radius 2 is 1.68 bits per heavy atom. The fraction of sp³-hybridized carbons (Fsp3) is 0.353. The molecule has 2 N–H and O–H groups in total. The summed E-state index contributed by atoms with van der Waals surface area (Å²) in [5.41, 5.74) is 2.88. The van der Waals surface area contributed by atoms with Crippen molar-refractivity contribution in [2.24, 2.45) is 7.05 Å². The van der Waals surface area contributed by atoms with E-state index in [9.17, 15) is 9.59 Å². The van der Waals surface area contributed by atoms with Crippen LogP contribution in [0.3, 0.4) is 0 Å². The molecule has 0 saturated carbocycles. The number of carbonyl (C=O) groups excluding carboxylic acids is 2. The lowest BCUT2D eigenvalue weighted by molar-refractivity contribution is -0.116. The lowest BCUT2D eigenvalue weighted by Gasteiger charge is -2.10. The molecule has 0 aliphatic heterocycles. The fourth-order valence-electron chi connectivity index (χ4n) is 2.67. The van der Waals surface area contributed by atoms with Crippen LogP contribution in [0.1, 0.15) is 28.8 Å². The van der Waals surface area contributed by atoms with Crippen molar-refractivity contribution in [3.63, 3.8) is 0 Å². The lowest BCUT2D eigenvalue weighted by Crippen LogP contribution is -2.23. The molecular formula is C17H21BrN8O2. The Labute approximate surface area is 170 Å². The summed E-state index contributed by atoms with van der Waals surface area (Å²) in [5, 5.41) is 18.0. The largest absolute Gasteiger partial charge is 0.321 e. The molecule has 3 aromatic heterocycles. The highest BCUT2D eigenvalue weighted by atomic mass is 79.9. The Hall–Kier alpha value is -2.95. The summed E-state index contributed by atoms with van der Waals surface area (Å²) in [5.74, 6) is -0.676. The van der Waals surface area contributed by atoms with Gasteiger partial charge < -0.3 is 10.6 Å². The third-order valence-electron chi connectivity index (χ3n) is 4.45. The maximum Gasteiger partial charge on any atom is 0.276 e. The second-order valence-electron chi connectivity index (χ2n) is 6.23. The van der Waals surface area contributed by atoms with E-state index < -0.39 is 0 Å². The van der Waals surface area contributed by atoms with E-state index in [0.717, 1.165) is 15.9 Å². The highest BCUT2D eigenvalue weighted by Gasteiger charge is 2.21. The van der Waals surface area contributed by atoms with E-state index in [2.05, 4.69) is 41.9 Å². The number of hydrogen-bond donors (Lipinski definition) is 2. The first-order valence-corrected chi connectivity index (χ1v) is 9.44. The summed E-state index contributed by atoms with van der Waals surface area (Å²) >= 11 is 3.37. The number of halogens is 1. The number of amides is 2. The van der Waals surface area contributed by atoms with Crippen molar-refractivity contribution in [1.82, 2.24) is 29.3 Å².